The molecule has 52 heavy (non-hydrogen) atoms. The molecule has 1 amide bonds. The molecule has 0 saturated carbocycles. The average molecular weight is 701 g/mol. The largest absolute Gasteiger partial charge is 0.481 e. The second-order valence-electron chi connectivity index (χ2n) is 12.4. The van der Waals surface area contributed by atoms with Gasteiger partial charge in [-0.05, 0) is 109 Å². The van der Waals surface area contributed by atoms with Crippen LogP contribution in [0.3, 0.4) is 0 Å². The summed E-state index contributed by atoms with van der Waals surface area (Å²) in [7, 11) is 0. The van der Waals surface area contributed by atoms with Crippen molar-refractivity contribution in [1.82, 2.24) is 5.32 Å². The van der Waals surface area contributed by atoms with Crippen molar-refractivity contribution in [2.45, 2.75) is 13.8 Å². The van der Waals surface area contributed by atoms with E-state index in [1.807, 2.05) is 30.3 Å². The Balaban J connectivity index is 1.15. The molecule has 0 unspecified atom stereocenters. The van der Waals surface area contributed by atoms with Gasteiger partial charge in [0.25, 0.3) is 5.91 Å². The van der Waals surface area contributed by atoms with Gasteiger partial charge in [-0.15, -0.1) is 0 Å². The number of amidine groups is 1. The van der Waals surface area contributed by atoms with Crippen molar-refractivity contribution in [3.63, 3.8) is 0 Å². The van der Waals surface area contributed by atoms with Crippen molar-refractivity contribution in [1.29, 1.82) is 0 Å². The molecule has 0 fully saturated rings. The molecule has 2 N–H and O–H groups in total. The minimum Gasteiger partial charge on any atom is -0.481 e. The molecular weight excluding hydrogens is 665 g/mol. The Hall–Kier alpha value is -6.38. The Labute approximate surface area is 307 Å². The van der Waals surface area contributed by atoms with Crippen LogP contribution in [-0.4, -0.2) is 27.9 Å². The lowest BCUT2D eigenvalue weighted by atomic mass is 10.0. The SMILES string of the molecule is Cc1ccc(N(c2ccccc2)c2ccc(-c3ccc(N(c4ccc(C)cc4)c4ccc(C=C5N=C(SCC(=O)O)NC5=O)cc4)cc3)cc2)cc1. The van der Waals surface area contributed by atoms with E-state index in [1.54, 1.807) is 6.08 Å². The molecule has 6 aromatic carbocycles. The van der Waals surface area contributed by atoms with E-state index in [2.05, 4.69) is 155 Å². The first-order chi connectivity index (χ1) is 25.3. The van der Waals surface area contributed by atoms with Crippen LogP contribution in [-0.2, 0) is 9.59 Å². The highest BCUT2D eigenvalue weighted by Gasteiger charge is 2.21. The van der Waals surface area contributed by atoms with Gasteiger partial charge in [-0.3, -0.25) is 14.9 Å². The summed E-state index contributed by atoms with van der Waals surface area (Å²) in [6.07, 6.45) is 1.70. The summed E-state index contributed by atoms with van der Waals surface area (Å²) >= 11 is 0.981. The maximum atomic E-state index is 12.4. The first-order valence-electron chi connectivity index (χ1n) is 16.9. The van der Waals surface area contributed by atoms with Gasteiger partial charge in [0.15, 0.2) is 5.17 Å². The van der Waals surface area contributed by atoms with Gasteiger partial charge in [-0.25, -0.2) is 4.99 Å². The van der Waals surface area contributed by atoms with Crippen LogP contribution in [0.1, 0.15) is 16.7 Å². The van der Waals surface area contributed by atoms with Crippen LogP contribution < -0.4 is 15.1 Å². The lowest BCUT2D eigenvalue weighted by Crippen LogP contribution is -2.22. The Kier molecular flexibility index (Phi) is 9.99. The van der Waals surface area contributed by atoms with E-state index in [0.717, 1.165) is 62.6 Å². The highest BCUT2D eigenvalue weighted by Crippen LogP contribution is 2.38. The smallest absolute Gasteiger partial charge is 0.313 e. The van der Waals surface area contributed by atoms with Gasteiger partial charge in [-0.1, -0.05) is 102 Å². The number of hydrogen-bond donors (Lipinski definition) is 2. The number of aliphatic imine (C=N–C) groups is 1. The standard InChI is InChI=1S/C44H36N4O3S/c1-30-8-18-36(19-9-30)47(35-6-4-3-5-7-35)39-24-14-33(15-25-39)34-16-26-40(27-17-34)48(37-20-10-31(2)11-21-37)38-22-12-32(13-23-38)28-41-43(51)46-44(45-41)52-29-42(49)50/h3-28H,29H2,1-2H3,(H,49,50)(H,45,46,51). The summed E-state index contributed by atoms with van der Waals surface area (Å²) in [5.41, 5.74) is 11.9. The molecule has 256 valence electrons. The zero-order chi connectivity index (χ0) is 36.0. The Morgan fingerprint density at radius 1 is 0.615 bits per heavy atom. The number of aliphatic carboxylic acids is 1. The van der Waals surface area contributed by atoms with E-state index in [0.29, 0.717) is 0 Å². The minimum absolute atomic E-state index is 0.175. The molecular formula is C44H36N4O3S. The predicted molar refractivity (Wildman–Crippen MR) is 214 cm³/mol. The van der Waals surface area contributed by atoms with Crippen LogP contribution in [0.4, 0.5) is 34.1 Å². The van der Waals surface area contributed by atoms with E-state index in [1.165, 1.54) is 11.1 Å². The number of nitrogens with one attached hydrogen (secondary N) is 1. The van der Waals surface area contributed by atoms with Gasteiger partial charge in [0.2, 0.25) is 0 Å². The molecule has 0 atom stereocenters. The zero-order valence-corrected chi connectivity index (χ0v) is 29.5. The summed E-state index contributed by atoms with van der Waals surface area (Å²) in [5, 5.41) is 11.9. The molecule has 0 spiro atoms. The van der Waals surface area contributed by atoms with Crippen molar-refractivity contribution < 1.29 is 14.7 Å². The molecule has 8 heteroatoms. The van der Waals surface area contributed by atoms with Crippen molar-refractivity contribution in [3.8, 4) is 11.1 Å². The molecule has 1 aliphatic rings. The van der Waals surface area contributed by atoms with E-state index in [9.17, 15) is 9.59 Å². The summed E-state index contributed by atoms with van der Waals surface area (Å²) in [5.74, 6) is -1.50. The van der Waals surface area contributed by atoms with E-state index < -0.39 is 5.97 Å². The highest BCUT2D eigenvalue weighted by atomic mass is 32.2. The Morgan fingerprint density at radius 2 is 1.02 bits per heavy atom. The normalized spacial score (nSPS) is 13.1. The number of hydrogen-bond acceptors (Lipinski definition) is 6. The van der Waals surface area contributed by atoms with E-state index in [4.69, 9.17) is 5.11 Å². The summed E-state index contributed by atoms with van der Waals surface area (Å²) in [6.45, 7) is 4.17. The van der Waals surface area contributed by atoms with Crippen LogP contribution in [0.5, 0.6) is 0 Å². The highest BCUT2D eigenvalue weighted by molar-refractivity contribution is 8.14. The van der Waals surface area contributed by atoms with Gasteiger partial charge in [0, 0.05) is 34.1 Å². The number of carboxylic acids is 1. The fourth-order valence-electron chi connectivity index (χ4n) is 5.99. The number of carbonyl (C=O) groups is 2. The van der Waals surface area contributed by atoms with Crippen LogP contribution >= 0.6 is 11.8 Å². The Bertz CT molecular complexity index is 2250. The zero-order valence-electron chi connectivity index (χ0n) is 28.7. The summed E-state index contributed by atoms with van der Waals surface area (Å²) in [4.78, 5) is 32.1. The number of anilines is 6. The first-order valence-corrected chi connectivity index (χ1v) is 17.8. The quantitative estimate of drug-likeness (QED) is 0.138. The van der Waals surface area contributed by atoms with Crippen molar-refractivity contribution >= 4 is 69.0 Å². The molecule has 6 aromatic rings. The molecule has 0 bridgehead atoms. The van der Waals surface area contributed by atoms with Crippen LogP contribution in [0.25, 0.3) is 17.2 Å². The second-order valence-corrected chi connectivity index (χ2v) is 13.4. The minimum atomic E-state index is -0.971. The van der Waals surface area contributed by atoms with Gasteiger partial charge in [0.1, 0.15) is 5.70 Å². The fourth-order valence-corrected chi connectivity index (χ4v) is 6.58. The topological polar surface area (TPSA) is 85.2 Å². The molecule has 0 radical (unpaired) electrons. The van der Waals surface area contributed by atoms with Gasteiger partial charge in [-0.2, -0.15) is 0 Å². The number of carbonyl (C=O) groups excluding carboxylic acids is 1. The summed E-state index contributed by atoms with van der Waals surface area (Å²) in [6, 6.07) is 52.6. The first kappa shape index (κ1) is 34.1. The number of benzene rings is 6. The third-order valence-corrected chi connectivity index (χ3v) is 9.50. The number of rotatable bonds is 10. The molecule has 7 rings (SSSR count). The number of para-hydroxylation sites is 1. The number of amides is 1. The third kappa shape index (κ3) is 7.83. The maximum Gasteiger partial charge on any atom is 0.313 e. The summed E-state index contributed by atoms with van der Waals surface area (Å²) < 4.78 is 0. The molecule has 7 nitrogen and oxygen atoms in total. The monoisotopic (exact) mass is 700 g/mol. The van der Waals surface area contributed by atoms with Crippen LogP contribution in [0.2, 0.25) is 0 Å². The second kappa shape index (κ2) is 15.2. The van der Waals surface area contributed by atoms with Gasteiger partial charge < -0.3 is 14.9 Å². The van der Waals surface area contributed by atoms with Crippen molar-refractivity contribution in [2.24, 2.45) is 4.99 Å². The van der Waals surface area contributed by atoms with Gasteiger partial charge >= 0.3 is 5.97 Å². The lowest BCUT2D eigenvalue weighted by molar-refractivity contribution is -0.133. The third-order valence-electron chi connectivity index (χ3n) is 8.65. The van der Waals surface area contributed by atoms with Crippen molar-refractivity contribution in [3.05, 3.63) is 174 Å². The van der Waals surface area contributed by atoms with Gasteiger partial charge in [0.05, 0.1) is 5.75 Å². The predicted octanol–water partition coefficient (Wildman–Crippen LogP) is 10.6. The molecule has 1 heterocycles. The van der Waals surface area contributed by atoms with E-state index in [-0.39, 0.29) is 22.5 Å². The fraction of sp³-hybridized carbons (Fsp3) is 0.0682. The maximum absolute atomic E-state index is 12.4. The molecule has 0 aromatic heterocycles. The number of aryl methyl sites for hydroxylation is 2. The number of carboxylic acid groups (broad SMARTS) is 1. The molecule has 0 aliphatic carbocycles. The molecule has 1 aliphatic heterocycles. The average Bonchev–Trinajstić information content (AvgIpc) is 3.52. The van der Waals surface area contributed by atoms with Crippen molar-refractivity contribution in [2.75, 3.05) is 15.6 Å². The molecule has 0 saturated heterocycles. The Morgan fingerprint density at radius 3 is 1.46 bits per heavy atom. The number of nitrogens with zero attached hydrogens (tertiary/aromatic N) is 3. The van der Waals surface area contributed by atoms with Crippen LogP contribution in [0, 0.1) is 13.8 Å². The van der Waals surface area contributed by atoms with Crippen LogP contribution in [0.15, 0.2) is 162 Å². The number of thioether (sulfide) groups is 1. The van der Waals surface area contributed by atoms with E-state index >= 15 is 0 Å². The lowest BCUT2D eigenvalue weighted by Gasteiger charge is -2.26.